The number of aromatic nitrogens is 2. The van der Waals surface area contributed by atoms with E-state index in [1.807, 2.05) is 11.6 Å². The van der Waals surface area contributed by atoms with Gasteiger partial charge in [0.1, 0.15) is 0 Å². The first-order valence-electron chi connectivity index (χ1n) is 6.01. The Bertz CT molecular complexity index is 325. The second kappa shape index (κ2) is 6.26. The molecule has 0 aliphatic carbocycles. The molecule has 1 N–H and O–H groups in total. The summed E-state index contributed by atoms with van der Waals surface area (Å²) in [6.45, 7) is 7.06. The highest BCUT2D eigenvalue weighted by Gasteiger charge is 2.22. The van der Waals surface area contributed by atoms with Gasteiger partial charge in [0, 0.05) is 6.54 Å². The van der Waals surface area contributed by atoms with E-state index in [4.69, 9.17) is 11.6 Å². The van der Waals surface area contributed by atoms with Gasteiger partial charge in [-0.25, -0.2) is 0 Å². The molecule has 16 heavy (non-hydrogen) atoms. The first-order valence-corrected chi connectivity index (χ1v) is 6.38. The fraction of sp³-hybridized carbons (Fsp3) is 0.750. The Morgan fingerprint density at radius 2 is 2.12 bits per heavy atom. The average Bonchev–Trinajstić information content (AvgIpc) is 2.60. The summed E-state index contributed by atoms with van der Waals surface area (Å²) in [7, 11) is 0. The molecule has 1 aromatic rings. The van der Waals surface area contributed by atoms with Crippen LogP contribution in [0.2, 0.25) is 5.02 Å². The van der Waals surface area contributed by atoms with E-state index in [2.05, 4.69) is 18.9 Å². The third-order valence-corrected chi connectivity index (χ3v) is 3.12. The molecule has 0 aromatic carbocycles. The summed E-state index contributed by atoms with van der Waals surface area (Å²) in [5.74, 6) is 0.217. The van der Waals surface area contributed by atoms with Gasteiger partial charge in [-0.15, -0.1) is 0 Å². The molecule has 0 bridgehead atoms. The molecule has 1 rings (SSSR count). The van der Waals surface area contributed by atoms with Crippen LogP contribution in [0.1, 0.15) is 51.8 Å². The summed E-state index contributed by atoms with van der Waals surface area (Å²) >= 11 is 6.08. The van der Waals surface area contributed by atoms with Crippen LogP contribution < -0.4 is 0 Å². The molecule has 0 saturated carbocycles. The van der Waals surface area contributed by atoms with Crippen molar-refractivity contribution < 1.29 is 5.11 Å². The van der Waals surface area contributed by atoms with Gasteiger partial charge in [0.15, 0.2) is 0 Å². The van der Waals surface area contributed by atoms with Crippen LogP contribution in [-0.4, -0.2) is 14.9 Å². The highest BCUT2D eigenvalue weighted by molar-refractivity contribution is 6.31. The molecular weight excluding hydrogens is 224 g/mol. The Labute approximate surface area is 102 Å². The van der Waals surface area contributed by atoms with Gasteiger partial charge < -0.3 is 5.11 Å². The van der Waals surface area contributed by atoms with E-state index < -0.39 is 6.10 Å². The third-order valence-electron chi connectivity index (χ3n) is 2.83. The van der Waals surface area contributed by atoms with Crippen molar-refractivity contribution in [3.63, 3.8) is 0 Å². The van der Waals surface area contributed by atoms with Gasteiger partial charge in [-0.3, -0.25) is 4.68 Å². The number of rotatable bonds is 6. The largest absolute Gasteiger partial charge is 0.386 e. The molecule has 0 saturated heterocycles. The minimum Gasteiger partial charge on any atom is -0.386 e. The van der Waals surface area contributed by atoms with Crippen LogP contribution in [-0.2, 0) is 6.54 Å². The number of hydrogen-bond donors (Lipinski definition) is 1. The van der Waals surface area contributed by atoms with Crippen LogP contribution in [0.4, 0.5) is 0 Å². The quantitative estimate of drug-likeness (QED) is 0.833. The van der Waals surface area contributed by atoms with Crippen LogP contribution in [0.25, 0.3) is 0 Å². The van der Waals surface area contributed by atoms with Crippen molar-refractivity contribution in [1.29, 1.82) is 0 Å². The van der Waals surface area contributed by atoms with Crippen LogP contribution in [0.3, 0.4) is 0 Å². The summed E-state index contributed by atoms with van der Waals surface area (Å²) in [6, 6.07) is 0. The lowest BCUT2D eigenvalue weighted by Gasteiger charge is -2.20. The van der Waals surface area contributed by atoms with Gasteiger partial charge in [0.2, 0.25) is 0 Å². The highest BCUT2D eigenvalue weighted by Crippen LogP contribution is 2.30. The Balaban J connectivity index is 2.87. The van der Waals surface area contributed by atoms with Crippen molar-refractivity contribution in [2.75, 3.05) is 0 Å². The van der Waals surface area contributed by atoms with Crippen LogP contribution >= 0.6 is 11.6 Å². The monoisotopic (exact) mass is 244 g/mol. The van der Waals surface area contributed by atoms with E-state index in [-0.39, 0.29) is 5.92 Å². The van der Waals surface area contributed by atoms with Crippen molar-refractivity contribution >= 4 is 11.6 Å². The summed E-state index contributed by atoms with van der Waals surface area (Å²) in [6.07, 6.45) is 4.16. The number of aryl methyl sites for hydroxylation is 1. The fourth-order valence-corrected chi connectivity index (χ4v) is 2.19. The molecule has 2 unspecified atom stereocenters. The van der Waals surface area contributed by atoms with Crippen molar-refractivity contribution in [1.82, 2.24) is 9.78 Å². The van der Waals surface area contributed by atoms with Crippen molar-refractivity contribution in [3.05, 3.63) is 16.9 Å². The molecule has 3 nitrogen and oxygen atoms in total. The van der Waals surface area contributed by atoms with Crippen molar-refractivity contribution in [2.24, 2.45) is 5.92 Å². The van der Waals surface area contributed by atoms with Gasteiger partial charge >= 0.3 is 0 Å². The summed E-state index contributed by atoms with van der Waals surface area (Å²) in [4.78, 5) is 0. The topological polar surface area (TPSA) is 38.1 Å². The lowest BCUT2D eigenvalue weighted by atomic mass is 9.97. The zero-order chi connectivity index (χ0) is 12.1. The Hall–Kier alpha value is -0.540. The molecule has 0 fully saturated rings. The number of aliphatic hydroxyl groups is 1. The normalized spacial score (nSPS) is 15.1. The maximum absolute atomic E-state index is 10.3. The van der Waals surface area contributed by atoms with Crippen LogP contribution in [0.5, 0.6) is 0 Å². The molecule has 4 heteroatoms. The first kappa shape index (κ1) is 13.5. The molecule has 0 amide bonds. The molecule has 1 aromatic heterocycles. The SMILES string of the molecule is CCCC(C)C(O)c1c(Cl)cnn1CCC. The number of hydrogen-bond acceptors (Lipinski definition) is 2. The molecule has 92 valence electrons. The van der Waals surface area contributed by atoms with E-state index >= 15 is 0 Å². The first-order chi connectivity index (χ1) is 7.61. The number of aliphatic hydroxyl groups excluding tert-OH is 1. The molecule has 0 radical (unpaired) electrons. The van der Waals surface area contributed by atoms with Gasteiger partial charge in [-0.1, -0.05) is 38.8 Å². The fourth-order valence-electron chi connectivity index (χ4n) is 1.94. The van der Waals surface area contributed by atoms with E-state index in [9.17, 15) is 5.11 Å². The lowest BCUT2D eigenvalue weighted by molar-refractivity contribution is 0.103. The van der Waals surface area contributed by atoms with Crippen LogP contribution in [0.15, 0.2) is 6.20 Å². The standard InChI is InChI=1S/C12H21ClN2O/c1-4-6-9(3)12(16)11-10(13)8-14-15(11)7-5-2/h8-9,12,16H,4-7H2,1-3H3. The second-order valence-electron chi connectivity index (χ2n) is 4.31. The highest BCUT2D eigenvalue weighted by atomic mass is 35.5. The molecule has 2 atom stereocenters. The smallest absolute Gasteiger partial charge is 0.0997 e. The maximum atomic E-state index is 10.3. The lowest BCUT2D eigenvalue weighted by Crippen LogP contribution is -2.15. The summed E-state index contributed by atoms with van der Waals surface area (Å²) in [5, 5.41) is 15.0. The zero-order valence-electron chi connectivity index (χ0n) is 10.3. The number of nitrogens with zero attached hydrogens (tertiary/aromatic N) is 2. The predicted molar refractivity (Wildman–Crippen MR) is 66.6 cm³/mol. The van der Waals surface area contributed by atoms with Gasteiger partial charge in [0.05, 0.1) is 23.0 Å². The Morgan fingerprint density at radius 1 is 1.44 bits per heavy atom. The zero-order valence-corrected chi connectivity index (χ0v) is 11.0. The van der Waals surface area contributed by atoms with Gasteiger partial charge in [-0.05, 0) is 18.8 Å². The predicted octanol–water partition coefficient (Wildman–Crippen LogP) is 3.42. The number of halogens is 1. The van der Waals surface area contributed by atoms with E-state index in [0.29, 0.717) is 5.02 Å². The van der Waals surface area contributed by atoms with E-state index in [0.717, 1.165) is 31.5 Å². The molecule has 0 spiro atoms. The summed E-state index contributed by atoms with van der Waals surface area (Å²) in [5.41, 5.74) is 0.768. The molecule has 0 aliphatic rings. The minimum atomic E-state index is -0.513. The van der Waals surface area contributed by atoms with E-state index in [1.165, 1.54) is 0 Å². The Kier molecular flexibility index (Phi) is 5.29. The molecule has 0 aliphatic heterocycles. The van der Waals surface area contributed by atoms with E-state index in [1.54, 1.807) is 6.20 Å². The average molecular weight is 245 g/mol. The minimum absolute atomic E-state index is 0.217. The summed E-state index contributed by atoms with van der Waals surface area (Å²) < 4.78 is 1.82. The van der Waals surface area contributed by atoms with Crippen molar-refractivity contribution in [3.8, 4) is 0 Å². The maximum Gasteiger partial charge on any atom is 0.0997 e. The van der Waals surface area contributed by atoms with Crippen molar-refractivity contribution in [2.45, 2.75) is 52.7 Å². The second-order valence-corrected chi connectivity index (χ2v) is 4.72. The van der Waals surface area contributed by atoms with Crippen LogP contribution in [0, 0.1) is 5.92 Å². The molecular formula is C12H21ClN2O. The third kappa shape index (κ3) is 2.98. The van der Waals surface area contributed by atoms with Gasteiger partial charge in [-0.2, -0.15) is 5.10 Å². The Morgan fingerprint density at radius 3 is 2.69 bits per heavy atom. The van der Waals surface area contributed by atoms with Gasteiger partial charge in [0.25, 0.3) is 0 Å². The molecule has 1 heterocycles.